The summed E-state index contributed by atoms with van der Waals surface area (Å²) in [5.74, 6) is 0. The normalized spacial score (nSPS) is 19.4. The third-order valence-electron chi connectivity index (χ3n) is 3.50. The van der Waals surface area contributed by atoms with Gasteiger partial charge in [0.05, 0.1) is 0 Å². The van der Waals surface area contributed by atoms with Crippen LogP contribution in [0.5, 0.6) is 0 Å². The van der Waals surface area contributed by atoms with Crippen LogP contribution >= 0.6 is 0 Å². The lowest BCUT2D eigenvalue weighted by Crippen LogP contribution is -2.37. The maximum atomic E-state index is 5.61. The topological polar surface area (TPSA) is 29.3 Å². The standard InChI is InChI=1S/C13H28N2/c1-2-11-15(12-7-10-14)13-8-5-3-4-6-9-13/h13H,2-12,14H2,1H3. The molecule has 0 aromatic carbocycles. The van der Waals surface area contributed by atoms with Crippen molar-refractivity contribution in [2.24, 2.45) is 5.73 Å². The van der Waals surface area contributed by atoms with Gasteiger partial charge in [0, 0.05) is 6.04 Å². The predicted molar refractivity (Wildman–Crippen MR) is 67.0 cm³/mol. The van der Waals surface area contributed by atoms with E-state index in [1.165, 1.54) is 58.0 Å². The fourth-order valence-electron chi connectivity index (χ4n) is 2.68. The van der Waals surface area contributed by atoms with Crippen molar-refractivity contribution in [3.05, 3.63) is 0 Å². The Kier molecular flexibility index (Phi) is 7.03. The largest absolute Gasteiger partial charge is 0.330 e. The van der Waals surface area contributed by atoms with Gasteiger partial charge >= 0.3 is 0 Å². The first-order valence-corrected chi connectivity index (χ1v) is 6.82. The number of hydrogen-bond donors (Lipinski definition) is 1. The molecule has 1 rings (SSSR count). The lowest BCUT2D eigenvalue weighted by atomic mass is 10.1. The van der Waals surface area contributed by atoms with E-state index in [0.717, 1.165) is 19.0 Å². The zero-order chi connectivity index (χ0) is 10.9. The van der Waals surface area contributed by atoms with Gasteiger partial charge in [-0.2, -0.15) is 0 Å². The van der Waals surface area contributed by atoms with E-state index >= 15 is 0 Å². The summed E-state index contributed by atoms with van der Waals surface area (Å²) >= 11 is 0. The molecule has 1 saturated carbocycles. The average Bonchev–Trinajstić information content (AvgIpc) is 2.52. The molecule has 0 atom stereocenters. The molecular weight excluding hydrogens is 184 g/mol. The summed E-state index contributed by atoms with van der Waals surface area (Å²) in [6.45, 7) is 5.61. The van der Waals surface area contributed by atoms with Gasteiger partial charge in [-0.15, -0.1) is 0 Å². The Morgan fingerprint density at radius 1 is 1.07 bits per heavy atom. The van der Waals surface area contributed by atoms with E-state index < -0.39 is 0 Å². The first-order chi connectivity index (χ1) is 7.38. The van der Waals surface area contributed by atoms with Crippen LogP contribution in [0.15, 0.2) is 0 Å². The summed E-state index contributed by atoms with van der Waals surface area (Å²) in [5, 5.41) is 0. The summed E-state index contributed by atoms with van der Waals surface area (Å²) in [5.41, 5.74) is 5.61. The van der Waals surface area contributed by atoms with Crippen molar-refractivity contribution in [1.82, 2.24) is 4.90 Å². The number of nitrogens with zero attached hydrogens (tertiary/aromatic N) is 1. The number of hydrogen-bond acceptors (Lipinski definition) is 2. The SMILES string of the molecule is CCCN(CCCN)C1CCCCCC1. The Morgan fingerprint density at radius 2 is 1.73 bits per heavy atom. The maximum Gasteiger partial charge on any atom is 0.00952 e. The highest BCUT2D eigenvalue weighted by molar-refractivity contribution is 4.74. The van der Waals surface area contributed by atoms with Crippen molar-refractivity contribution in [2.45, 2.75) is 64.3 Å². The Morgan fingerprint density at radius 3 is 2.27 bits per heavy atom. The van der Waals surface area contributed by atoms with E-state index in [9.17, 15) is 0 Å². The van der Waals surface area contributed by atoms with Crippen molar-refractivity contribution < 1.29 is 0 Å². The highest BCUT2D eigenvalue weighted by Crippen LogP contribution is 2.22. The van der Waals surface area contributed by atoms with Crippen LogP contribution in [0.3, 0.4) is 0 Å². The molecule has 2 heteroatoms. The van der Waals surface area contributed by atoms with Gasteiger partial charge in [0.15, 0.2) is 0 Å². The summed E-state index contributed by atoms with van der Waals surface area (Å²) in [7, 11) is 0. The fraction of sp³-hybridized carbons (Fsp3) is 1.00. The second-order valence-electron chi connectivity index (χ2n) is 4.82. The first kappa shape index (κ1) is 13.0. The smallest absolute Gasteiger partial charge is 0.00952 e. The molecule has 0 spiro atoms. The Bertz CT molecular complexity index is 139. The molecule has 0 saturated heterocycles. The molecule has 2 nitrogen and oxygen atoms in total. The fourth-order valence-corrected chi connectivity index (χ4v) is 2.68. The quantitative estimate of drug-likeness (QED) is 0.686. The minimum Gasteiger partial charge on any atom is -0.330 e. The molecule has 0 heterocycles. The molecule has 0 unspecified atom stereocenters. The van der Waals surface area contributed by atoms with Crippen LogP contribution in [0.2, 0.25) is 0 Å². The second kappa shape index (κ2) is 8.12. The van der Waals surface area contributed by atoms with Gasteiger partial charge < -0.3 is 10.6 Å². The third-order valence-corrected chi connectivity index (χ3v) is 3.50. The minimum absolute atomic E-state index is 0.840. The molecule has 0 aliphatic heterocycles. The second-order valence-corrected chi connectivity index (χ2v) is 4.82. The van der Waals surface area contributed by atoms with Gasteiger partial charge in [-0.05, 0) is 45.3 Å². The molecule has 15 heavy (non-hydrogen) atoms. The van der Waals surface area contributed by atoms with E-state index in [1.54, 1.807) is 0 Å². The summed E-state index contributed by atoms with van der Waals surface area (Å²) in [6.07, 6.45) is 11.1. The van der Waals surface area contributed by atoms with Crippen LogP contribution in [0.4, 0.5) is 0 Å². The van der Waals surface area contributed by atoms with Crippen LogP contribution in [0.1, 0.15) is 58.3 Å². The average molecular weight is 212 g/mol. The molecular formula is C13H28N2. The molecule has 2 N–H and O–H groups in total. The van der Waals surface area contributed by atoms with E-state index in [4.69, 9.17) is 5.73 Å². The lowest BCUT2D eigenvalue weighted by molar-refractivity contribution is 0.178. The molecule has 0 bridgehead atoms. The van der Waals surface area contributed by atoms with Crippen LogP contribution in [0.25, 0.3) is 0 Å². The third kappa shape index (κ3) is 4.98. The van der Waals surface area contributed by atoms with E-state index in [-0.39, 0.29) is 0 Å². The van der Waals surface area contributed by atoms with Crippen molar-refractivity contribution >= 4 is 0 Å². The highest BCUT2D eigenvalue weighted by Gasteiger charge is 2.18. The lowest BCUT2D eigenvalue weighted by Gasteiger charge is -2.30. The van der Waals surface area contributed by atoms with Crippen molar-refractivity contribution in [2.75, 3.05) is 19.6 Å². The molecule has 0 amide bonds. The summed E-state index contributed by atoms with van der Waals surface area (Å²) in [6, 6.07) is 0.860. The Labute approximate surface area is 95.2 Å². The number of nitrogens with two attached hydrogens (primary N) is 1. The van der Waals surface area contributed by atoms with Crippen molar-refractivity contribution in [3.63, 3.8) is 0 Å². The molecule has 0 aromatic rings. The van der Waals surface area contributed by atoms with Gasteiger partial charge in [-0.25, -0.2) is 0 Å². The number of rotatable bonds is 6. The van der Waals surface area contributed by atoms with E-state index in [2.05, 4.69) is 11.8 Å². The van der Waals surface area contributed by atoms with Crippen LogP contribution in [-0.2, 0) is 0 Å². The molecule has 0 radical (unpaired) electrons. The Hall–Kier alpha value is -0.0800. The Balaban J connectivity index is 2.36. The predicted octanol–water partition coefficient (Wildman–Crippen LogP) is 2.77. The molecule has 0 aromatic heterocycles. The van der Waals surface area contributed by atoms with Gasteiger partial charge in [-0.3, -0.25) is 0 Å². The van der Waals surface area contributed by atoms with Crippen molar-refractivity contribution in [3.8, 4) is 0 Å². The van der Waals surface area contributed by atoms with Crippen molar-refractivity contribution in [1.29, 1.82) is 0 Å². The van der Waals surface area contributed by atoms with Gasteiger partial charge in [-0.1, -0.05) is 32.6 Å². The monoisotopic (exact) mass is 212 g/mol. The molecule has 1 aliphatic carbocycles. The van der Waals surface area contributed by atoms with Gasteiger partial charge in [0.2, 0.25) is 0 Å². The van der Waals surface area contributed by atoms with E-state index in [1.807, 2.05) is 0 Å². The zero-order valence-electron chi connectivity index (χ0n) is 10.4. The van der Waals surface area contributed by atoms with Crippen LogP contribution < -0.4 is 5.73 Å². The van der Waals surface area contributed by atoms with Crippen LogP contribution in [0, 0.1) is 0 Å². The molecule has 1 fully saturated rings. The molecule has 1 aliphatic rings. The zero-order valence-corrected chi connectivity index (χ0v) is 10.4. The highest BCUT2D eigenvalue weighted by atomic mass is 15.1. The van der Waals surface area contributed by atoms with Gasteiger partial charge in [0.1, 0.15) is 0 Å². The van der Waals surface area contributed by atoms with Crippen LogP contribution in [-0.4, -0.2) is 30.6 Å². The summed E-state index contributed by atoms with van der Waals surface area (Å²) in [4.78, 5) is 2.69. The van der Waals surface area contributed by atoms with Gasteiger partial charge in [0.25, 0.3) is 0 Å². The first-order valence-electron chi connectivity index (χ1n) is 6.82. The minimum atomic E-state index is 0.840. The molecule has 90 valence electrons. The van der Waals surface area contributed by atoms with E-state index in [0.29, 0.717) is 0 Å². The summed E-state index contributed by atoms with van der Waals surface area (Å²) < 4.78 is 0. The maximum absolute atomic E-state index is 5.61.